The Morgan fingerprint density at radius 3 is 2.54 bits per heavy atom. The second kappa shape index (κ2) is 6.04. The van der Waals surface area contributed by atoms with Gasteiger partial charge in [-0.25, -0.2) is 4.68 Å². The zero-order valence-electron chi connectivity index (χ0n) is 17.5. The molecule has 0 amide bonds. The van der Waals surface area contributed by atoms with Gasteiger partial charge in [-0.3, -0.25) is 0 Å². The maximum Gasteiger partial charge on any atom is 0.174 e. The molecule has 2 unspecified atom stereocenters. The average molecular weight is 386 g/mol. The number of aromatic nitrogens is 3. The Morgan fingerprint density at radius 1 is 0.929 bits per heavy atom. The van der Waals surface area contributed by atoms with Crippen molar-refractivity contribution in [3.05, 3.63) is 12.4 Å². The molecule has 5 fully saturated rings. The topological polar surface area (TPSA) is 49.2 Å². The molecule has 1 saturated heterocycles. The van der Waals surface area contributed by atoms with Crippen LogP contribution < -0.4 is 0 Å². The van der Waals surface area contributed by atoms with Crippen molar-refractivity contribution in [1.29, 1.82) is 0 Å². The van der Waals surface area contributed by atoms with Crippen molar-refractivity contribution in [3.8, 4) is 0 Å². The lowest BCUT2D eigenvalue weighted by Gasteiger charge is -2.61. The number of hydrogen-bond donors (Lipinski definition) is 0. The van der Waals surface area contributed by atoms with Gasteiger partial charge in [-0.2, -0.15) is 0 Å². The van der Waals surface area contributed by atoms with E-state index in [2.05, 4.69) is 35.0 Å². The first-order valence-corrected chi connectivity index (χ1v) is 11.7. The van der Waals surface area contributed by atoms with Crippen LogP contribution >= 0.6 is 0 Å². The summed E-state index contributed by atoms with van der Waals surface area (Å²) in [6, 6.07) is 0.557. The van der Waals surface area contributed by atoms with E-state index in [1.165, 1.54) is 51.4 Å². The highest BCUT2D eigenvalue weighted by Crippen LogP contribution is 2.69. The minimum Gasteiger partial charge on any atom is -0.347 e. The summed E-state index contributed by atoms with van der Waals surface area (Å²) in [4.78, 5) is 0. The van der Waals surface area contributed by atoms with Crippen molar-refractivity contribution in [1.82, 2.24) is 15.0 Å². The summed E-state index contributed by atoms with van der Waals surface area (Å²) in [5.74, 6) is 3.13. The van der Waals surface area contributed by atoms with Crippen molar-refractivity contribution in [2.24, 2.45) is 34.5 Å². The van der Waals surface area contributed by atoms with Crippen molar-refractivity contribution in [2.45, 2.75) is 83.5 Å². The Labute approximate surface area is 168 Å². The van der Waals surface area contributed by atoms with Gasteiger partial charge in [-0.05, 0) is 80.5 Å². The molecule has 5 nitrogen and oxygen atoms in total. The molecule has 7 atom stereocenters. The molecule has 1 aromatic rings. The molecular weight excluding hydrogens is 350 g/mol. The summed E-state index contributed by atoms with van der Waals surface area (Å²) >= 11 is 0. The normalized spacial score (nSPS) is 49.6. The molecule has 154 valence electrons. The summed E-state index contributed by atoms with van der Waals surface area (Å²) < 4.78 is 14.7. The largest absolute Gasteiger partial charge is 0.347 e. The van der Waals surface area contributed by atoms with E-state index in [1.54, 1.807) is 0 Å². The third-order valence-corrected chi connectivity index (χ3v) is 10.3. The summed E-state index contributed by atoms with van der Waals surface area (Å²) in [7, 11) is 0. The molecule has 5 heteroatoms. The third-order valence-electron chi connectivity index (χ3n) is 10.3. The zero-order chi connectivity index (χ0) is 19.0. The predicted octanol–water partition coefficient (Wildman–Crippen LogP) is 4.61. The van der Waals surface area contributed by atoms with Gasteiger partial charge < -0.3 is 9.47 Å². The Hall–Kier alpha value is -0.940. The second-order valence-electron chi connectivity index (χ2n) is 10.9. The highest BCUT2D eigenvalue weighted by atomic mass is 16.7. The van der Waals surface area contributed by atoms with E-state index in [-0.39, 0.29) is 11.2 Å². The van der Waals surface area contributed by atoms with E-state index < -0.39 is 0 Å². The van der Waals surface area contributed by atoms with Crippen LogP contribution in [0.5, 0.6) is 0 Å². The van der Waals surface area contributed by atoms with Crippen LogP contribution in [0.4, 0.5) is 0 Å². The Balaban J connectivity index is 1.26. The molecule has 5 aliphatic rings. The summed E-state index contributed by atoms with van der Waals surface area (Å²) in [6.07, 6.45) is 15.7. The standard InChI is InChI=1S/C23H35N3O2/c1-21-8-5-17(26-12-11-24-25-26)15-16(21)3-4-18-19(21)6-9-22(2)20(18)7-10-23(22)27-13-14-28-23/h11-12,16-20H,3-10,13-15H2,1-2H3/t16?,17-,18+,19?,20-,21-,22-/m0/s1. The van der Waals surface area contributed by atoms with Crippen LogP contribution in [0.15, 0.2) is 12.4 Å². The summed E-state index contributed by atoms with van der Waals surface area (Å²) in [5.41, 5.74) is 0.736. The Bertz CT molecular complexity index is 730. The molecule has 0 radical (unpaired) electrons. The first kappa shape index (κ1) is 17.9. The first-order valence-electron chi connectivity index (χ1n) is 11.7. The molecular formula is C23H35N3O2. The molecule has 1 spiro atoms. The van der Waals surface area contributed by atoms with Gasteiger partial charge >= 0.3 is 0 Å². The van der Waals surface area contributed by atoms with Crippen LogP contribution in [0.25, 0.3) is 0 Å². The van der Waals surface area contributed by atoms with Gasteiger partial charge in [0.1, 0.15) is 0 Å². The van der Waals surface area contributed by atoms with E-state index in [0.29, 0.717) is 11.5 Å². The molecule has 0 bridgehead atoms. The maximum absolute atomic E-state index is 6.30. The fraction of sp³-hybridized carbons (Fsp3) is 0.913. The molecule has 1 aliphatic heterocycles. The van der Waals surface area contributed by atoms with Crippen molar-refractivity contribution < 1.29 is 9.47 Å². The zero-order valence-corrected chi connectivity index (χ0v) is 17.5. The minimum atomic E-state index is -0.259. The molecule has 0 aromatic carbocycles. The van der Waals surface area contributed by atoms with E-state index in [0.717, 1.165) is 43.3 Å². The minimum absolute atomic E-state index is 0.228. The summed E-state index contributed by atoms with van der Waals surface area (Å²) in [6.45, 7) is 6.73. The summed E-state index contributed by atoms with van der Waals surface area (Å²) in [5, 5.41) is 8.37. The third kappa shape index (κ3) is 2.21. The lowest BCUT2D eigenvalue weighted by Crippen LogP contribution is -2.56. The van der Waals surface area contributed by atoms with Gasteiger partial charge in [0.05, 0.1) is 25.5 Å². The van der Waals surface area contributed by atoms with Crippen LogP contribution in [0.2, 0.25) is 0 Å². The van der Waals surface area contributed by atoms with E-state index in [9.17, 15) is 0 Å². The fourth-order valence-electron chi connectivity index (χ4n) is 8.77. The smallest absolute Gasteiger partial charge is 0.174 e. The quantitative estimate of drug-likeness (QED) is 0.709. The number of nitrogens with zero attached hydrogens (tertiary/aromatic N) is 3. The highest BCUT2D eigenvalue weighted by Gasteiger charge is 2.67. The maximum atomic E-state index is 6.30. The second-order valence-corrected chi connectivity index (χ2v) is 10.9. The van der Waals surface area contributed by atoms with Gasteiger partial charge in [-0.15, -0.1) is 5.10 Å². The Morgan fingerprint density at radius 2 is 1.75 bits per heavy atom. The number of ether oxygens (including phenoxy) is 2. The lowest BCUT2D eigenvalue weighted by atomic mass is 9.45. The average Bonchev–Trinajstić information content (AvgIpc) is 3.44. The number of fused-ring (bicyclic) bond motifs is 6. The lowest BCUT2D eigenvalue weighted by molar-refractivity contribution is -0.247. The first-order chi connectivity index (χ1) is 13.6. The van der Waals surface area contributed by atoms with Crippen molar-refractivity contribution in [2.75, 3.05) is 13.2 Å². The molecule has 4 aliphatic carbocycles. The monoisotopic (exact) mass is 385 g/mol. The van der Waals surface area contributed by atoms with Gasteiger partial charge in [0.15, 0.2) is 5.79 Å². The van der Waals surface area contributed by atoms with Crippen LogP contribution in [0, 0.1) is 34.5 Å². The van der Waals surface area contributed by atoms with Crippen LogP contribution in [0.3, 0.4) is 0 Å². The predicted molar refractivity (Wildman–Crippen MR) is 105 cm³/mol. The molecule has 0 N–H and O–H groups in total. The van der Waals surface area contributed by atoms with Gasteiger partial charge in [0, 0.05) is 18.0 Å². The molecule has 6 rings (SSSR count). The van der Waals surface area contributed by atoms with Gasteiger partial charge in [-0.1, -0.05) is 19.1 Å². The number of hydrogen-bond acceptors (Lipinski definition) is 4. The van der Waals surface area contributed by atoms with Crippen LogP contribution in [-0.4, -0.2) is 34.0 Å². The molecule has 28 heavy (non-hydrogen) atoms. The molecule has 4 saturated carbocycles. The van der Waals surface area contributed by atoms with Crippen LogP contribution in [0.1, 0.15) is 77.7 Å². The SMILES string of the molecule is C[C@]12CC[C@H](n3ccnn3)CC1CC[C@@H]1C2CC[C@@]2(C)[C@H]1CCC21OCCO1. The van der Waals surface area contributed by atoms with Crippen molar-refractivity contribution >= 4 is 0 Å². The van der Waals surface area contributed by atoms with Gasteiger partial charge in [0.2, 0.25) is 0 Å². The Kier molecular flexibility index (Phi) is 3.86. The van der Waals surface area contributed by atoms with Crippen LogP contribution in [-0.2, 0) is 9.47 Å². The van der Waals surface area contributed by atoms with E-state index in [4.69, 9.17) is 9.47 Å². The van der Waals surface area contributed by atoms with Gasteiger partial charge in [0.25, 0.3) is 0 Å². The highest BCUT2D eigenvalue weighted by molar-refractivity contribution is 5.13. The van der Waals surface area contributed by atoms with E-state index in [1.807, 2.05) is 6.20 Å². The molecule has 2 heterocycles. The molecule has 1 aromatic heterocycles. The fourth-order valence-corrected chi connectivity index (χ4v) is 8.77. The van der Waals surface area contributed by atoms with E-state index >= 15 is 0 Å². The number of rotatable bonds is 1. The van der Waals surface area contributed by atoms with Crippen molar-refractivity contribution in [3.63, 3.8) is 0 Å².